The van der Waals surface area contributed by atoms with E-state index in [9.17, 15) is 9.59 Å². The number of carbonyl (C=O) groups is 2. The largest absolute Gasteiger partial charge is 0.272 e. The van der Waals surface area contributed by atoms with Crippen LogP contribution in [0.1, 0.15) is 53.3 Å². The summed E-state index contributed by atoms with van der Waals surface area (Å²) in [5.74, 6) is 4.56. The highest BCUT2D eigenvalue weighted by molar-refractivity contribution is 6.10. The van der Waals surface area contributed by atoms with Gasteiger partial charge in [-0.1, -0.05) is 12.8 Å². The van der Waals surface area contributed by atoms with Gasteiger partial charge in [0.1, 0.15) is 12.0 Å². The maximum Gasteiger partial charge on any atom is 0.258 e. The van der Waals surface area contributed by atoms with Crippen LogP contribution in [0.3, 0.4) is 0 Å². The van der Waals surface area contributed by atoms with Crippen molar-refractivity contribution < 1.29 is 9.59 Å². The van der Waals surface area contributed by atoms with Crippen molar-refractivity contribution >= 4 is 11.8 Å². The van der Waals surface area contributed by atoms with Gasteiger partial charge in [-0.15, -0.1) is 5.92 Å². The lowest BCUT2D eigenvalue weighted by Gasteiger charge is -2.23. The average molecular weight is 386 g/mol. The Morgan fingerprint density at radius 2 is 1.93 bits per heavy atom. The first-order chi connectivity index (χ1) is 13.9. The van der Waals surface area contributed by atoms with Crippen LogP contribution in [0.2, 0.25) is 0 Å². The molecule has 2 amide bonds. The molecule has 0 bridgehead atoms. The van der Waals surface area contributed by atoms with Gasteiger partial charge in [0.2, 0.25) is 0 Å². The summed E-state index contributed by atoms with van der Waals surface area (Å²) in [5, 5.41) is 11.7. The lowest BCUT2D eigenvalue weighted by Crippen LogP contribution is -2.37. The molecule has 1 aromatic heterocycles. The molecule has 6 heteroatoms. The molecular formula is C23H22N4O2. The summed E-state index contributed by atoms with van der Waals surface area (Å²) in [6.45, 7) is 5.88. The molecule has 0 aliphatic carbocycles. The molecule has 0 saturated carbocycles. The van der Waals surface area contributed by atoms with Crippen LogP contribution < -0.4 is 0 Å². The first kappa shape index (κ1) is 20.1. The normalized spacial score (nSPS) is 15.9. The van der Waals surface area contributed by atoms with Gasteiger partial charge < -0.3 is 0 Å². The topological polar surface area (TPSA) is 77.3 Å². The number of benzene rings is 1. The molecule has 0 radical (unpaired) electrons. The minimum atomic E-state index is -0.864. The molecule has 29 heavy (non-hydrogen) atoms. The molecule has 2 heterocycles. The van der Waals surface area contributed by atoms with E-state index in [0.717, 1.165) is 22.3 Å². The summed E-state index contributed by atoms with van der Waals surface area (Å²) in [7, 11) is 1.60. The van der Waals surface area contributed by atoms with Crippen LogP contribution in [0, 0.1) is 30.1 Å². The van der Waals surface area contributed by atoms with Crippen molar-refractivity contribution in [3.8, 4) is 17.9 Å². The molecule has 1 fully saturated rings. The predicted molar refractivity (Wildman–Crippen MR) is 108 cm³/mol. The highest BCUT2D eigenvalue weighted by atomic mass is 16.2. The van der Waals surface area contributed by atoms with E-state index in [1.165, 1.54) is 16.2 Å². The minimum Gasteiger partial charge on any atom is -0.272 e. The first-order valence-corrected chi connectivity index (χ1v) is 9.41. The van der Waals surface area contributed by atoms with Crippen molar-refractivity contribution in [2.45, 2.75) is 39.7 Å². The number of carbonyl (C=O) groups excluding carboxylic acids is 2. The monoisotopic (exact) mass is 386 g/mol. The molecule has 0 spiro atoms. The van der Waals surface area contributed by atoms with Crippen molar-refractivity contribution in [1.82, 2.24) is 15.0 Å². The van der Waals surface area contributed by atoms with Crippen LogP contribution >= 0.6 is 0 Å². The number of hydrazine groups is 1. The van der Waals surface area contributed by atoms with Gasteiger partial charge in [-0.05, 0) is 61.2 Å². The summed E-state index contributed by atoms with van der Waals surface area (Å²) in [5.41, 5.74) is 4.56. The van der Waals surface area contributed by atoms with Crippen LogP contribution in [-0.4, -0.2) is 33.9 Å². The molecule has 3 rings (SSSR count). The van der Waals surface area contributed by atoms with E-state index in [-0.39, 0.29) is 18.4 Å². The van der Waals surface area contributed by atoms with Gasteiger partial charge in [0, 0.05) is 18.8 Å². The number of nitrogens with zero attached hydrogens (tertiary/aromatic N) is 4. The number of amides is 2. The molecule has 1 aliphatic rings. The SMILES string of the molecule is CC#Cc1cc(C)c(C2C(=O)N(C)N(Cc3ccc(C#N)cn3)C2=O)c(CC)c1. The standard InChI is InChI=1S/C23H22N4O2/c1-5-7-16-10-15(3)20(18(6-2)11-16)21-22(28)26(4)27(23(21)29)14-19-9-8-17(12-24)13-25-19/h8-11,13,21H,6,14H2,1-4H3. The number of pyridine rings is 1. The van der Waals surface area contributed by atoms with Gasteiger partial charge in [-0.25, -0.2) is 5.01 Å². The van der Waals surface area contributed by atoms with E-state index in [1.54, 1.807) is 26.1 Å². The highest BCUT2D eigenvalue weighted by Gasteiger charge is 2.46. The third-order valence-electron chi connectivity index (χ3n) is 5.11. The second kappa shape index (κ2) is 8.16. The average Bonchev–Trinajstić information content (AvgIpc) is 2.92. The Balaban J connectivity index is 1.97. The summed E-state index contributed by atoms with van der Waals surface area (Å²) in [4.78, 5) is 30.5. The number of hydrogen-bond donors (Lipinski definition) is 0. The Bertz CT molecular complexity index is 1070. The van der Waals surface area contributed by atoms with Crippen LogP contribution in [0.15, 0.2) is 30.5 Å². The molecule has 1 unspecified atom stereocenters. The molecule has 2 aromatic rings. The van der Waals surface area contributed by atoms with Crippen molar-refractivity contribution in [2.75, 3.05) is 7.05 Å². The fraction of sp³-hybridized carbons (Fsp3) is 0.304. The maximum atomic E-state index is 13.2. The summed E-state index contributed by atoms with van der Waals surface area (Å²) in [6, 6.07) is 9.25. The van der Waals surface area contributed by atoms with E-state index in [1.807, 2.05) is 32.0 Å². The van der Waals surface area contributed by atoms with Crippen molar-refractivity contribution in [1.29, 1.82) is 5.26 Å². The van der Waals surface area contributed by atoms with Crippen LogP contribution in [0.4, 0.5) is 0 Å². The van der Waals surface area contributed by atoms with E-state index in [2.05, 4.69) is 16.8 Å². The maximum absolute atomic E-state index is 13.2. The Kier molecular flexibility index (Phi) is 5.66. The van der Waals surface area contributed by atoms with Crippen LogP contribution in [0.5, 0.6) is 0 Å². The van der Waals surface area contributed by atoms with E-state index in [0.29, 0.717) is 17.7 Å². The molecule has 1 aromatic carbocycles. The third kappa shape index (κ3) is 3.70. The second-order valence-electron chi connectivity index (χ2n) is 6.94. The van der Waals surface area contributed by atoms with Crippen molar-refractivity contribution in [3.05, 3.63) is 64.0 Å². The lowest BCUT2D eigenvalue weighted by molar-refractivity contribution is -0.145. The number of nitriles is 1. The molecule has 1 aliphatic heterocycles. The highest BCUT2D eigenvalue weighted by Crippen LogP contribution is 2.34. The fourth-order valence-electron chi connectivity index (χ4n) is 3.67. The fourth-order valence-corrected chi connectivity index (χ4v) is 3.67. The van der Waals surface area contributed by atoms with Gasteiger partial charge in [-0.3, -0.25) is 19.6 Å². The first-order valence-electron chi connectivity index (χ1n) is 9.41. The number of aromatic nitrogens is 1. The molecule has 1 atom stereocenters. The third-order valence-corrected chi connectivity index (χ3v) is 5.11. The Morgan fingerprint density at radius 1 is 1.17 bits per heavy atom. The van der Waals surface area contributed by atoms with Crippen molar-refractivity contribution in [2.24, 2.45) is 0 Å². The van der Waals surface area contributed by atoms with E-state index in [4.69, 9.17) is 5.26 Å². The zero-order chi connectivity index (χ0) is 21.1. The van der Waals surface area contributed by atoms with Crippen molar-refractivity contribution in [3.63, 3.8) is 0 Å². The Hall–Kier alpha value is -3.64. The number of rotatable bonds is 4. The Labute approximate surface area is 170 Å². The van der Waals surface area contributed by atoms with Gasteiger partial charge in [0.15, 0.2) is 0 Å². The molecule has 6 nitrogen and oxygen atoms in total. The van der Waals surface area contributed by atoms with E-state index < -0.39 is 5.92 Å². The zero-order valence-corrected chi connectivity index (χ0v) is 17.0. The summed E-state index contributed by atoms with van der Waals surface area (Å²) in [6.07, 6.45) is 2.16. The van der Waals surface area contributed by atoms with E-state index >= 15 is 0 Å². The van der Waals surface area contributed by atoms with Crippen LogP contribution in [-0.2, 0) is 22.6 Å². The summed E-state index contributed by atoms with van der Waals surface area (Å²) < 4.78 is 0. The van der Waals surface area contributed by atoms with Gasteiger partial charge in [0.25, 0.3) is 11.8 Å². The number of aryl methyl sites for hydroxylation is 2. The molecule has 0 N–H and O–H groups in total. The number of likely N-dealkylation sites (N-methyl/N-ethyl adjacent to an activating group) is 1. The summed E-state index contributed by atoms with van der Waals surface area (Å²) >= 11 is 0. The van der Waals surface area contributed by atoms with Crippen LogP contribution in [0.25, 0.3) is 0 Å². The second-order valence-corrected chi connectivity index (χ2v) is 6.94. The zero-order valence-electron chi connectivity index (χ0n) is 17.0. The quantitative estimate of drug-likeness (QED) is 0.598. The lowest BCUT2D eigenvalue weighted by atomic mass is 9.87. The number of hydrogen-bond acceptors (Lipinski definition) is 4. The Morgan fingerprint density at radius 3 is 2.52 bits per heavy atom. The van der Waals surface area contributed by atoms with Gasteiger partial charge in [0.05, 0.1) is 17.8 Å². The van der Waals surface area contributed by atoms with Gasteiger partial charge >= 0.3 is 0 Å². The predicted octanol–water partition coefficient (Wildman–Crippen LogP) is 2.69. The van der Waals surface area contributed by atoms with Gasteiger partial charge in [-0.2, -0.15) is 5.26 Å². The smallest absolute Gasteiger partial charge is 0.258 e. The minimum absolute atomic E-state index is 0.170. The molecule has 146 valence electrons. The molecular weight excluding hydrogens is 364 g/mol. The molecule has 1 saturated heterocycles.